The number of halogens is 2. The van der Waals surface area contributed by atoms with E-state index in [1.807, 2.05) is 0 Å². The number of benzene rings is 1. The molecule has 2 aromatic rings. The Balaban J connectivity index is 2.82. The lowest BCUT2D eigenvalue weighted by molar-refractivity contribution is 0.409. The summed E-state index contributed by atoms with van der Waals surface area (Å²) in [6.07, 6.45) is 0. The maximum Gasteiger partial charge on any atom is 0.136 e. The summed E-state index contributed by atoms with van der Waals surface area (Å²) in [6, 6.07) is 4.32. The van der Waals surface area contributed by atoms with Crippen LogP contribution < -0.4 is 4.74 Å². The Morgan fingerprint density at radius 3 is 3.00 bits per heavy atom. The summed E-state index contributed by atoms with van der Waals surface area (Å²) < 4.78 is 7.91. The molecular weight excluding hydrogens is 375 g/mol. The number of alkyl halides is 1. The van der Waals surface area contributed by atoms with E-state index in [1.54, 1.807) is 18.4 Å². The second kappa shape index (κ2) is 4.37. The van der Waals surface area contributed by atoms with Crippen LogP contribution >= 0.6 is 49.9 Å². The van der Waals surface area contributed by atoms with Gasteiger partial charge in [0.05, 0.1) is 10.7 Å². The highest BCUT2D eigenvalue weighted by Gasteiger charge is 2.11. The Labute approximate surface area is 109 Å². The summed E-state index contributed by atoms with van der Waals surface area (Å²) in [6.45, 7) is 0. The maximum absolute atomic E-state index is 5.41. The molecule has 0 bridgehead atoms. The van der Waals surface area contributed by atoms with Crippen molar-refractivity contribution in [2.75, 3.05) is 7.11 Å². The largest absolute Gasteiger partial charge is 0.495 e. The van der Waals surface area contributed by atoms with Crippen molar-refractivity contribution in [3.8, 4) is 5.75 Å². The highest BCUT2D eigenvalue weighted by atomic mass is 127. The molecule has 1 heterocycles. The summed E-state index contributed by atoms with van der Waals surface area (Å²) in [4.78, 5) is 0. The summed E-state index contributed by atoms with van der Waals surface area (Å²) in [7, 11) is 1.72. The molecule has 0 saturated heterocycles. The zero-order chi connectivity index (χ0) is 10.1. The van der Waals surface area contributed by atoms with Gasteiger partial charge in [0.15, 0.2) is 0 Å². The van der Waals surface area contributed by atoms with Crippen LogP contribution in [0.1, 0.15) is 5.56 Å². The molecule has 0 fully saturated rings. The smallest absolute Gasteiger partial charge is 0.136 e. The first-order chi connectivity index (χ1) is 6.77. The molecule has 0 atom stereocenters. The predicted molar refractivity (Wildman–Crippen MR) is 73.7 cm³/mol. The van der Waals surface area contributed by atoms with Gasteiger partial charge in [0, 0.05) is 21.0 Å². The minimum Gasteiger partial charge on any atom is -0.495 e. The highest BCUT2D eigenvalue weighted by Crippen LogP contribution is 2.36. The molecule has 0 unspecified atom stereocenters. The van der Waals surface area contributed by atoms with Crippen molar-refractivity contribution in [1.29, 1.82) is 0 Å². The van der Waals surface area contributed by atoms with Crippen LogP contribution in [0.25, 0.3) is 10.1 Å². The van der Waals surface area contributed by atoms with Crippen molar-refractivity contribution in [3.05, 3.63) is 26.6 Å². The molecule has 0 N–H and O–H groups in total. The average molecular weight is 383 g/mol. The van der Waals surface area contributed by atoms with Crippen LogP contribution in [0, 0.1) is 3.57 Å². The van der Waals surface area contributed by atoms with E-state index in [0.717, 1.165) is 11.1 Å². The van der Waals surface area contributed by atoms with Crippen molar-refractivity contribution in [2.45, 2.75) is 5.33 Å². The lowest BCUT2D eigenvalue weighted by atomic mass is 10.1. The zero-order valence-electron chi connectivity index (χ0n) is 7.51. The van der Waals surface area contributed by atoms with Gasteiger partial charge in [0.1, 0.15) is 5.75 Å². The topological polar surface area (TPSA) is 9.23 Å². The van der Waals surface area contributed by atoms with Gasteiger partial charge >= 0.3 is 0 Å². The van der Waals surface area contributed by atoms with E-state index in [9.17, 15) is 0 Å². The molecule has 2 rings (SSSR count). The van der Waals surface area contributed by atoms with Gasteiger partial charge in [-0.1, -0.05) is 15.9 Å². The highest BCUT2D eigenvalue weighted by molar-refractivity contribution is 14.1. The minimum absolute atomic E-state index is 0.834. The SMILES string of the molecule is COc1c(I)cc2sccc2c1CBr. The van der Waals surface area contributed by atoms with E-state index >= 15 is 0 Å². The molecule has 0 amide bonds. The van der Waals surface area contributed by atoms with Crippen LogP contribution in [0.4, 0.5) is 0 Å². The maximum atomic E-state index is 5.41. The number of hydrogen-bond acceptors (Lipinski definition) is 2. The molecule has 1 aromatic carbocycles. The van der Waals surface area contributed by atoms with Crippen LogP contribution in [0.5, 0.6) is 5.75 Å². The number of fused-ring (bicyclic) bond motifs is 1. The molecule has 0 radical (unpaired) electrons. The van der Waals surface area contributed by atoms with Crippen LogP contribution in [-0.4, -0.2) is 7.11 Å². The fourth-order valence-corrected chi connectivity index (χ4v) is 3.96. The molecule has 74 valence electrons. The number of rotatable bonds is 2. The van der Waals surface area contributed by atoms with E-state index in [0.29, 0.717) is 0 Å². The fraction of sp³-hybridized carbons (Fsp3) is 0.200. The van der Waals surface area contributed by atoms with Crippen molar-refractivity contribution < 1.29 is 4.74 Å². The van der Waals surface area contributed by atoms with Gasteiger partial charge in [-0.15, -0.1) is 11.3 Å². The molecule has 4 heteroatoms. The second-order valence-corrected chi connectivity index (χ2v) is 5.51. The van der Waals surface area contributed by atoms with Crippen LogP contribution in [-0.2, 0) is 5.33 Å². The quantitative estimate of drug-likeness (QED) is 0.552. The third-order valence-corrected chi connectivity index (χ3v) is 4.33. The first-order valence-corrected chi connectivity index (χ1v) is 7.14. The van der Waals surface area contributed by atoms with E-state index in [-0.39, 0.29) is 0 Å². The third-order valence-electron chi connectivity index (χ3n) is 2.11. The third kappa shape index (κ3) is 1.67. The van der Waals surface area contributed by atoms with Gasteiger partial charge in [-0.2, -0.15) is 0 Å². The zero-order valence-corrected chi connectivity index (χ0v) is 12.1. The molecule has 1 nitrogen and oxygen atoms in total. The molecule has 0 saturated carbocycles. The minimum atomic E-state index is 0.834. The van der Waals surface area contributed by atoms with Gasteiger partial charge in [-0.3, -0.25) is 0 Å². The predicted octanol–water partition coefficient (Wildman–Crippen LogP) is 4.41. The van der Waals surface area contributed by atoms with Crippen LogP contribution in [0.15, 0.2) is 17.5 Å². The van der Waals surface area contributed by atoms with Crippen molar-refractivity contribution in [3.63, 3.8) is 0 Å². The Hall–Kier alpha value is 0.190. The number of methoxy groups -OCH3 is 1. The summed E-state index contributed by atoms with van der Waals surface area (Å²) in [5.41, 5.74) is 1.25. The van der Waals surface area contributed by atoms with Crippen LogP contribution in [0.2, 0.25) is 0 Å². The van der Waals surface area contributed by atoms with Gasteiger partial charge in [-0.05, 0) is 40.1 Å². The first-order valence-electron chi connectivity index (χ1n) is 4.06. The molecule has 0 aliphatic carbocycles. The van der Waals surface area contributed by atoms with Crippen LogP contribution in [0.3, 0.4) is 0 Å². The Morgan fingerprint density at radius 1 is 1.57 bits per heavy atom. The summed E-state index contributed by atoms with van der Waals surface area (Å²) in [5.74, 6) is 0.994. The second-order valence-electron chi connectivity index (χ2n) is 2.84. The standard InChI is InChI=1S/C10H8BrIOS/c1-13-10-7(5-11)6-2-3-14-9(6)4-8(10)12/h2-4H,5H2,1H3. The Bertz CT molecular complexity index is 466. The summed E-state index contributed by atoms with van der Waals surface area (Å²) in [5, 5.41) is 4.25. The number of ether oxygens (including phenoxy) is 1. The van der Waals surface area contributed by atoms with E-state index in [2.05, 4.69) is 56.0 Å². The van der Waals surface area contributed by atoms with E-state index < -0.39 is 0 Å². The monoisotopic (exact) mass is 382 g/mol. The number of thiophene rings is 1. The van der Waals surface area contributed by atoms with Gasteiger partial charge < -0.3 is 4.74 Å². The van der Waals surface area contributed by atoms with Crippen molar-refractivity contribution >= 4 is 59.9 Å². The van der Waals surface area contributed by atoms with Crippen molar-refractivity contribution in [1.82, 2.24) is 0 Å². The molecule has 0 aliphatic heterocycles. The van der Waals surface area contributed by atoms with Gasteiger partial charge in [-0.25, -0.2) is 0 Å². The Kier molecular flexibility index (Phi) is 3.34. The Morgan fingerprint density at radius 2 is 2.36 bits per heavy atom. The molecule has 0 aliphatic rings. The van der Waals surface area contributed by atoms with Crippen molar-refractivity contribution in [2.24, 2.45) is 0 Å². The van der Waals surface area contributed by atoms with Gasteiger partial charge in [0.2, 0.25) is 0 Å². The first kappa shape index (κ1) is 10.7. The lowest BCUT2D eigenvalue weighted by Gasteiger charge is -2.09. The average Bonchev–Trinajstić information content (AvgIpc) is 2.62. The molecule has 0 spiro atoms. The van der Waals surface area contributed by atoms with Gasteiger partial charge in [0.25, 0.3) is 0 Å². The lowest BCUT2D eigenvalue weighted by Crippen LogP contribution is -1.92. The van der Waals surface area contributed by atoms with E-state index in [1.165, 1.54) is 19.2 Å². The number of hydrogen-bond donors (Lipinski definition) is 0. The molecule has 14 heavy (non-hydrogen) atoms. The van der Waals surface area contributed by atoms with E-state index in [4.69, 9.17) is 4.74 Å². The molecular formula is C10H8BrIOS. The fourth-order valence-electron chi connectivity index (χ4n) is 1.48. The normalized spacial score (nSPS) is 10.8. The molecule has 1 aromatic heterocycles. The summed E-state index contributed by atoms with van der Waals surface area (Å²) >= 11 is 7.60.